The molecule has 1 N–H and O–H groups in total. The van der Waals surface area contributed by atoms with Gasteiger partial charge in [-0.1, -0.05) is 36.1 Å². The van der Waals surface area contributed by atoms with E-state index in [1.807, 2.05) is 41.8 Å². The Labute approximate surface area is 128 Å². The Morgan fingerprint density at radius 3 is 2.57 bits per heavy atom. The number of amides is 1. The van der Waals surface area contributed by atoms with Crippen LogP contribution in [0.4, 0.5) is 0 Å². The van der Waals surface area contributed by atoms with Crippen molar-refractivity contribution >= 4 is 23.0 Å². The number of rotatable bonds is 5. The summed E-state index contributed by atoms with van der Waals surface area (Å²) >= 11 is 1.40. The van der Waals surface area contributed by atoms with Crippen LogP contribution in [0.3, 0.4) is 0 Å². The Balaban J connectivity index is 1.69. The minimum absolute atomic E-state index is 0.00974. The highest BCUT2D eigenvalue weighted by atomic mass is 32.1. The van der Waals surface area contributed by atoms with Crippen LogP contribution in [-0.4, -0.2) is 18.2 Å². The molecule has 1 amide bonds. The lowest BCUT2D eigenvalue weighted by atomic mass is 10.2. The highest BCUT2D eigenvalue weighted by Gasteiger charge is 2.09. The quantitative estimate of drug-likeness (QED) is 0.681. The van der Waals surface area contributed by atoms with Crippen molar-refractivity contribution in [2.24, 2.45) is 0 Å². The summed E-state index contributed by atoms with van der Waals surface area (Å²) < 4.78 is 0. The van der Waals surface area contributed by atoms with E-state index >= 15 is 0 Å². The Morgan fingerprint density at radius 2 is 1.86 bits per heavy atom. The van der Waals surface area contributed by atoms with Gasteiger partial charge < -0.3 is 5.32 Å². The second-order valence-corrected chi connectivity index (χ2v) is 5.29. The molecule has 3 nitrogen and oxygen atoms in total. The van der Waals surface area contributed by atoms with Crippen molar-refractivity contribution in [2.45, 2.75) is 12.8 Å². The van der Waals surface area contributed by atoms with Crippen LogP contribution in [0.1, 0.15) is 28.1 Å². The third-order valence-corrected chi connectivity index (χ3v) is 3.67. The fraction of sp³-hybridized carbons (Fsp3) is 0.176. The van der Waals surface area contributed by atoms with Gasteiger partial charge in [0.25, 0.3) is 0 Å². The molecule has 1 aromatic heterocycles. The number of nitrogens with one attached hydrogen (secondary N) is 1. The van der Waals surface area contributed by atoms with Gasteiger partial charge in [0, 0.05) is 18.4 Å². The van der Waals surface area contributed by atoms with Crippen LogP contribution in [-0.2, 0) is 4.79 Å². The zero-order valence-corrected chi connectivity index (χ0v) is 12.3. The van der Waals surface area contributed by atoms with E-state index in [9.17, 15) is 9.59 Å². The summed E-state index contributed by atoms with van der Waals surface area (Å²) in [7, 11) is 0. The molecule has 0 radical (unpaired) electrons. The minimum Gasteiger partial charge on any atom is -0.345 e. The number of ketones is 1. The van der Waals surface area contributed by atoms with Gasteiger partial charge in [-0.2, -0.15) is 0 Å². The van der Waals surface area contributed by atoms with Crippen molar-refractivity contribution < 1.29 is 9.59 Å². The first-order valence-corrected chi connectivity index (χ1v) is 7.51. The van der Waals surface area contributed by atoms with Crippen molar-refractivity contribution in [2.75, 3.05) is 6.54 Å². The van der Waals surface area contributed by atoms with E-state index in [2.05, 4.69) is 17.2 Å². The lowest BCUT2D eigenvalue weighted by Crippen LogP contribution is -2.23. The third-order valence-electron chi connectivity index (χ3n) is 2.76. The van der Waals surface area contributed by atoms with Crippen molar-refractivity contribution in [1.82, 2.24) is 5.32 Å². The molecule has 2 aromatic rings. The molecule has 106 valence electrons. The van der Waals surface area contributed by atoms with Crippen LogP contribution in [0.2, 0.25) is 0 Å². The molecule has 1 heterocycles. The largest absolute Gasteiger partial charge is 0.345 e. The fourth-order valence-electron chi connectivity index (χ4n) is 1.69. The minimum atomic E-state index is -0.151. The number of benzene rings is 1. The van der Waals surface area contributed by atoms with Gasteiger partial charge in [0.05, 0.1) is 11.4 Å². The monoisotopic (exact) mass is 297 g/mol. The SMILES string of the molecule is O=C(CCC(=O)c1cccs1)NCC#Cc1ccccc1. The number of carbonyl (C=O) groups excluding carboxylic acids is 2. The van der Waals surface area contributed by atoms with Crippen LogP contribution in [0.5, 0.6) is 0 Å². The second-order valence-electron chi connectivity index (χ2n) is 4.35. The lowest BCUT2D eigenvalue weighted by molar-refractivity contribution is -0.120. The standard InChI is InChI=1S/C17H15NO2S/c19-15(16-9-5-13-21-16)10-11-17(20)18-12-4-8-14-6-2-1-3-7-14/h1-3,5-7,9,13H,10-12H2,(H,18,20). The van der Waals surface area contributed by atoms with Gasteiger partial charge in [-0.3, -0.25) is 9.59 Å². The van der Waals surface area contributed by atoms with E-state index in [0.717, 1.165) is 5.56 Å². The number of hydrogen-bond acceptors (Lipinski definition) is 3. The molecule has 21 heavy (non-hydrogen) atoms. The highest BCUT2D eigenvalue weighted by molar-refractivity contribution is 7.12. The van der Waals surface area contributed by atoms with Gasteiger partial charge in [0.1, 0.15) is 0 Å². The molecule has 0 fully saturated rings. The maximum atomic E-state index is 11.7. The molecular weight excluding hydrogens is 282 g/mol. The molecule has 0 aliphatic carbocycles. The van der Waals surface area contributed by atoms with Crippen LogP contribution in [0.25, 0.3) is 0 Å². The van der Waals surface area contributed by atoms with Gasteiger partial charge in [-0.15, -0.1) is 11.3 Å². The lowest BCUT2D eigenvalue weighted by Gasteiger charge is -2.00. The van der Waals surface area contributed by atoms with E-state index in [1.54, 1.807) is 6.07 Å². The molecule has 0 saturated carbocycles. The molecule has 4 heteroatoms. The number of carbonyl (C=O) groups is 2. The van der Waals surface area contributed by atoms with Crippen LogP contribution in [0.15, 0.2) is 47.8 Å². The number of Topliss-reactive ketones (excluding diaryl/α,β-unsaturated/α-hetero) is 1. The van der Waals surface area contributed by atoms with Crippen molar-refractivity contribution in [3.05, 3.63) is 58.3 Å². The molecule has 1 aromatic carbocycles. The smallest absolute Gasteiger partial charge is 0.221 e. The van der Waals surface area contributed by atoms with Crippen LogP contribution < -0.4 is 5.32 Å². The van der Waals surface area contributed by atoms with Gasteiger partial charge in [0.2, 0.25) is 5.91 Å². The predicted molar refractivity (Wildman–Crippen MR) is 84.2 cm³/mol. The third kappa shape index (κ3) is 5.25. The molecule has 0 bridgehead atoms. The highest BCUT2D eigenvalue weighted by Crippen LogP contribution is 2.12. The Bertz CT molecular complexity index is 651. The topological polar surface area (TPSA) is 46.2 Å². The normalized spacial score (nSPS) is 9.52. The average molecular weight is 297 g/mol. The first-order valence-electron chi connectivity index (χ1n) is 6.63. The van der Waals surface area contributed by atoms with E-state index in [1.165, 1.54) is 11.3 Å². The van der Waals surface area contributed by atoms with Gasteiger partial charge in [0.15, 0.2) is 5.78 Å². The fourth-order valence-corrected chi connectivity index (χ4v) is 2.38. The first kappa shape index (κ1) is 15.0. The summed E-state index contributed by atoms with van der Waals surface area (Å²) in [4.78, 5) is 24.0. The van der Waals surface area contributed by atoms with Crippen molar-refractivity contribution in [3.8, 4) is 11.8 Å². The molecule has 0 atom stereocenters. The van der Waals surface area contributed by atoms with E-state index in [-0.39, 0.29) is 24.5 Å². The van der Waals surface area contributed by atoms with Crippen molar-refractivity contribution in [1.29, 1.82) is 0 Å². The molecule has 0 saturated heterocycles. The summed E-state index contributed by atoms with van der Waals surface area (Å²) in [5.41, 5.74) is 0.916. The Kier molecular flexibility index (Phi) is 5.74. The average Bonchev–Trinajstić information content (AvgIpc) is 3.05. The zero-order chi connectivity index (χ0) is 14.9. The van der Waals surface area contributed by atoms with E-state index in [4.69, 9.17) is 0 Å². The number of hydrogen-bond donors (Lipinski definition) is 1. The molecule has 0 unspecified atom stereocenters. The van der Waals surface area contributed by atoms with Crippen LogP contribution in [0, 0.1) is 11.8 Å². The summed E-state index contributed by atoms with van der Waals surface area (Å²) in [5.74, 6) is 5.70. The zero-order valence-electron chi connectivity index (χ0n) is 11.5. The molecular formula is C17H15NO2S. The van der Waals surface area contributed by atoms with Gasteiger partial charge in [-0.25, -0.2) is 0 Å². The Hall–Kier alpha value is -2.38. The maximum Gasteiger partial charge on any atom is 0.221 e. The summed E-state index contributed by atoms with van der Waals surface area (Å²) in [6.07, 6.45) is 0.433. The molecule has 0 spiro atoms. The molecule has 0 aliphatic rings. The molecule has 2 rings (SSSR count). The number of thiophene rings is 1. The Morgan fingerprint density at radius 1 is 1.05 bits per heavy atom. The summed E-state index contributed by atoms with van der Waals surface area (Å²) in [5, 5.41) is 4.55. The summed E-state index contributed by atoms with van der Waals surface area (Å²) in [6, 6.07) is 13.2. The van der Waals surface area contributed by atoms with Crippen molar-refractivity contribution in [3.63, 3.8) is 0 Å². The van der Waals surface area contributed by atoms with E-state index < -0.39 is 0 Å². The summed E-state index contributed by atoms with van der Waals surface area (Å²) in [6.45, 7) is 0.293. The van der Waals surface area contributed by atoms with Gasteiger partial charge >= 0.3 is 0 Å². The second kappa shape index (κ2) is 8.03. The predicted octanol–water partition coefficient (Wildman–Crippen LogP) is 2.88. The first-order chi connectivity index (χ1) is 10.3. The van der Waals surface area contributed by atoms with Gasteiger partial charge in [-0.05, 0) is 23.6 Å². The van der Waals surface area contributed by atoms with E-state index in [0.29, 0.717) is 11.4 Å². The maximum absolute atomic E-state index is 11.7. The van der Waals surface area contributed by atoms with Crippen LogP contribution >= 0.6 is 11.3 Å². The molecule has 0 aliphatic heterocycles.